The first-order valence-electron chi connectivity index (χ1n) is 8.84. The smallest absolute Gasteiger partial charge is 0.241 e. The zero-order valence-electron chi connectivity index (χ0n) is 15.4. The number of sulfonamides is 1. The van der Waals surface area contributed by atoms with E-state index in [1.165, 1.54) is 0 Å². The number of benzene rings is 3. The molecule has 0 spiro atoms. The zero-order valence-corrected chi connectivity index (χ0v) is 16.2. The van der Waals surface area contributed by atoms with E-state index in [1.54, 1.807) is 24.3 Å². The average Bonchev–Trinajstić information content (AvgIpc) is 2.69. The Kier molecular flexibility index (Phi) is 5.94. The van der Waals surface area contributed by atoms with Crippen LogP contribution in [0.5, 0.6) is 5.75 Å². The maximum Gasteiger partial charge on any atom is 0.241 e. The molecule has 0 heterocycles. The number of rotatable bonds is 7. The molecule has 4 nitrogen and oxygen atoms in total. The van der Waals surface area contributed by atoms with Crippen LogP contribution in [-0.2, 0) is 10.0 Å². The Labute approximate surface area is 160 Å². The van der Waals surface area contributed by atoms with Gasteiger partial charge in [0.05, 0.1) is 4.90 Å². The molecule has 1 N–H and O–H groups in total. The topological polar surface area (TPSA) is 55.4 Å². The third kappa shape index (κ3) is 4.96. The highest BCUT2D eigenvalue weighted by Gasteiger charge is 2.18. The lowest BCUT2D eigenvalue weighted by Crippen LogP contribution is -2.26. The largest absolute Gasteiger partial charge is 0.486 e. The number of hydrogen-bond acceptors (Lipinski definition) is 3. The standard InChI is InChI=1S/C22H23NO3S/c1-17(19-9-5-3-6-10-19)23-27(24,25)22-15-13-21(14-16-22)26-18(2)20-11-7-4-8-12-20/h3-18,23H,1-2H3. The van der Waals surface area contributed by atoms with Crippen molar-refractivity contribution in [2.45, 2.75) is 30.9 Å². The lowest BCUT2D eigenvalue weighted by atomic mass is 10.1. The monoisotopic (exact) mass is 381 g/mol. The van der Waals surface area contributed by atoms with E-state index < -0.39 is 10.0 Å². The second-order valence-corrected chi connectivity index (χ2v) is 8.11. The zero-order chi connectivity index (χ0) is 19.3. The SMILES string of the molecule is CC(NS(=O)(=O)c1ccc(OC(C)c2ccccc2)cc1)c1ccccc1. The molecule has 0 aliphatic rings. The van der Waals surface area contributed by atoms with Crippen LogP contribution in [0.3, 0.4) is 0 Å². The number of hydrogen-bond donors (Lipinski definition) is 1. The van der Waals surface area contributed by atoms with Gasteiger partial charge in [0.1, 0.15) is 11.9 Å². The van der Waals surface area contributed by atoms with Crippen LogP contribution in [0.2, 0.25) is 0 Å². The molecule has 0 saturated carbocycles. The van der Waals surface area contributed by atoms with E-state index in [1.807, 2.05) is 74.5 Å². The minimum atomic E-state index is -3.61. The van der Waals surface area contributed by atoms with Crippen LogP contribution in [0.15, 0.2) is 89.8 Å². The summed E-state index contributed by atoms with van der Waals surface area (Å²) < 4.78 is 33.8. The molecular formula is C22H23NO3S. The molecule has 3 rings (SSSR count). The Bertz CT molecular complexity index is 955. The van der Waals surface area contributed by atoms with Crippen LogP contribution in [0.1, 0.15) is 37.1 Å². The van der Waals surface area contributed by atoms with Crippen LogP contribution in [0.4, 0.5) is 0 Å². The van der Waals surface area contributed by atoms with Crippen LogP contribution in [0.25, 0.3) is 0 Å². The van der Waals surface area contributed by atoms with E-state index in [0.717, 1.165) is 11.1 Å². The van der Waals surface area contributed by atoms with E-state index in [4.69, 9.17) is 4.74 Å². The van der Waals surface area contributed by atoms with Gasteiger partial charge in [-0.15, -0.1) is 0 Å². The van der Waals surface area contributed by atoms with Gasteiger partial charge in [0.25, 0.3) is 0 Å². The lowest BCUT2D eigenvalue weighted by Gasteiger charge is -2.16. The van der Waals surface area contributed by atoms with Gasteiger partial charge in [0.15, 0.2) is 0 Å². The molecule has 0 aliphatic carbocycles. The molecule has 2 atom stereocenters. The summed E-state index contributed by atoms with van der Waals surface area (Å²) in [6.45, 7) is 3.79. The maximum atomic E-state index is 12.6. The van der Waals surface area contributed by atoms with Gasteiger partial charge in [0.2, 0.25) is 10.0 Å². The van der Waals surface area contributed by atoms with E-state index in [9.17, 15) is 8.42 Å². The Morgan fingerprint density at radius 3 is 1.81 bits per heavy atom. The Balaban J connectivity index is 1.68. The predicted molar refractivity (Wildman–Crippen MR) is 107 cm³/mol. The van der Waals surface area contributed by atoms with Gasteiger partial charge in [-0.1, -0.05) is 60.7 Å². The van der Waals surface area contributed by atoms with Gasteiger partial charge >= 0.3 is 0 Å². The van der Waals surface area contributed by atoms with Gasteiger partial charge in [-0.2, -0.15) is 0 Å². The summed E-state index contributed by atoms with van der Waals surface area (Å²) in [7, 11) is -3.61. The molecule has 3 aromatic rings. The fourth-order valence-corrected chi connectivity index (χ4v) is 4.04. The van der Waals surface area contributed by atoms with Crippen LogP contribution in [0, 0.1) is 0 Å². The van der Waals surface area contributed by atoms with Crippen LogP contribution < -0.4 is 9.46 Å². The van der Waals surface area contributed by atoms with Crippen molar-refractivity contribution >= 4 is 10.0 Å². The summed E-state index contributed by atoms with van der Waals surface area (Å²) >= 11 is 0. The molecule has 140 valence electrons. The molecule has 3 aromatic carbocycles. The summed E-state index contributed by atoms with van der Waals surface area (Å²) in [5.74, 6) is 0.626. The Morgan fingerprint density at radius 1 is 0.741 bits per heavy atom. The molecule has 0 amide bonds. The third-order valence-electron chi connectivity index (χ3n) is 4.35. The van der Waals surface area contributed by atoms with Crippen molar-refractivity contribution in [3.05, 3.63) is 96.1 Å². The molecule has 0 aliphatic heterocycles. The first-order valence-corrected chi connectivity index (χ1v) is 10.3. The average molecular weight is 381 g/mol. The van der Waals surface area contributed by atoms with Crippen molar-refractivity contribution in [1.29, 1.82) is 0 Å². The van der Waals surface area contributed by atoms with E-state index in [0.29, 0.717) is 5.75 Å². The van der Waals surface area contributed by atoms with Gasteiger partial charge < -0.3 is 4.74 Å². The normalized spacial score (nSPS) is 13.7. The highest BCUT2D eigenvalue weighted by atomic mass is 32.2. The maximum absolute atomic E-state index is 12.6. The molecule has 5 heteroatoms. The van der Waals surface area contributed by atoms with E-state index in [2.05, 4.69) is 4.72 Å². The summed E-state index contributed by atoms with van der Waals surface area (Å²) in [6.07, 6.45) is -0.120. The molecule has 27 heavy (non-hydrogen) atoms. The summed E-state index contributed by atoms with van der Waals surface area (Å²) in [4.78, 5) is 0.213. The number of ether oxygens (including phenoxy) is 1. The van der Waals surface area contributed by atoms with E-state index >= 15 is 0 Å². The van der Waals surface area contributed by atoms with Gasteiger partial charge in [-0.25, -0.2) is 13.1 Å². The van der Waals surface area contributed by atoms with Crippen molar-refractivity contribution in [2.75, 3.05) is 0 Å². The molecular weight excluding hydrogens is 358 g/mol. The fourth-order valence-electron chi connectivity index (χ4n) is 2.80. The summed E-state index contributed by atoms with van der Waals surface area (Å²) in [5.41, 5.74) is 1.98. The first kappa shape index (κ1) is 19.1. The van der Waals surface area contributed by atoms with Gasteiger partial charge in [0, 0.05) is 6.04 Å². The molecule has 0 radical (unpaired) electrons. The van der Waals surface area contributed by atoms with Crippen molar-refractivity contribution in [3.63, 3.8) is 0 Å². The predicted octanol–water partition coefficient (Wildman–Crippen LogP) is 4.87. The molecule has 0 bridgehead atoms. The van der Waals surface area contributed by atoms with Crippen molar-refractivity contribution < 1.29 is 13.2 Å². The lowest BCUT2D eigenvalue weighted by molar-refractivity contribution is 0.227. The first-order chi connectivity index (χ1) is 13.0. The van der Waals surface area contributed by atoms with Crippen LogP contribution >= 0.6 is 0 Å². The second-order valence-electron chi connectivity index (χ2n) is 6.40. The summed E-state index contributed by atoms with van der Waals surface area (Å²) in [6, 6.07) is 25.5. The quantitative estimate of drug-likeness (QED) is 0.635. The second kappa shape index (κ2) is 8.37. The Hall–Kier alpha value is -2.63. The molecule has 0 aromatic heterocycles. The Morgan fingerprint density at radius 2 is 1.26 bits per heavy atom. The van der Waals surface area contributed by atoms with Crippen LogP contribution in [-0.4, -0.2) is 8.42 Å². The van der Waals surface area contributed by atoms with Gasteiger partial charge in [-0.3, -0.25) is 0 Å². The summed E-state index contributed by atoms with van der Waals surface area (Å²) in [5, 5.41) is 0. The molecule has 2 unspecified atom stereocenters. The minimum absolute atomic E-state index is 0.120. The van der Waals surface area contributed by atoms with Gasteiger partial charge in [-0.05, 0) is 49.2 Å². The van der Waals surface area contributed by atoms with Crippen molar-refractivity contribution in [2.24, 2.45) is 0 Å². The molecule has 0 saturated heterocycles. The number of nitrogens with one attached hydrogen (secondary N) is 1. The minimum Gasteiger partial charge on any atom is -0.486 e. The fraction of sp³-hybridized carbons (Fsp3) is 0.182. The van der Waals surface area contributed by atoms with Crippen molar-refractivity contribution in [3.8, 4) is 5.75 Å². The highest BCUT2D eigenvalue weighted by Crippen LogP contribution is 2.24. The third-order valence-corrected chi connectivity index (χ3v) is 5.90. The van der Waals surface area contributed by atoms with E-state index in [-0.39, 0.29) is 17.0 Å². The highest BCUT2D eigenvalue weighted by molar-refractivity contribution is 7.89. The molecule has 0 fully saturated rings. The van der Waals surface area contributed by atoms with Crippen molar-refractivity contribution in [1.82, 2.24) is 4.72 Å².